The number of pyridine rings is 2. The van der Waals surface area contributed by atoms with Gasteiger partial charge in [-0.2, -0.15) is 5.10 Å². The molecule has 4 aromatic heterocycles. The summed E-state index contributed by atoms with van der Waals surface area (Å²) in [6.07, 6.45) is 5.45. The van der Waals surface area contributed by atoms with Crippen LogP contribution in [0.4, 0.5) is 5.69 Å². The first kappa shape index (κ1) is 19.9. The third kappa shape index (κ3) is 3.80. The van der Waals surface area contributed by atoms with Crippen molar-refractivity contribution < 1.29 is 4.79 Å². The molecule has 2 aromatic carbocycles. The highest BCUT2D eigenvalue weighted by molar-refractivity contribution is 5.97. The Morgan fingerprint density at radius 1 is 0.882 bits per heavy atom. The molecule has 3 N–H and O–H groups in total. The normalized spacial score (nSPS) is 11.2. The number of carbonyl (C=O) groups excluding carboxylic acids is 1. The van der Waals surface area contributed by atoms with E-state index < -0.39 is 0 Å². The second kappa shape index (κ2) is 8.29. The van der Waals surface area contributed by atoms with E-state index in [1.807, 2.05) is 60.7 Å². The van der Waals surface area contributed by atoms with Gasteiger partial charge in [0.1, 0.15) is 5.69 Å². The van der Waals surface area contributed by atoms with E-state index in [4.69, 9.17) is 0 Å². The average molecular weight is 444 g/mol. The number of benzene rings is 2. The predicted molar refractivity (Wildman–Crippen MR) is 133 cm³/mol. The number of aromatic amines is 2. The average Bonchev–Trinajstić information content (AvgIpc) is 3.48. The van der Waals surface area contributed by atoms with Crippen LogP contribution in [0.2, 0.25) is 0 Å². The summed E-state index contributed by atoms with van der Waals surface area (Å²) < 4.78 is 0. The Morgan fingerprint density at radius 2 is 1.74 bits per heavy atom. The maximum absolute atomic E-state index is 12.5. The summed E-state index contributed by atoms with van der Waals surface area (Å²) in [4.78, 5) is 24.8. The van der Waals surface area contributed by atoms with Gasteiger partial charge >= 0.3 is 0 Å². The summed E-state index contributed by atoms with van der Waals surface area (Å²) in [6, 6.07) is 23.8. The smallest absolute Gasteiger partial charge is 0.228 e. The standard InChI is InChI=1S/C27H20N6O/c34-26(10-17-6-2-1-3-7-17)30-20-11-19(14-28-15-20)23-13-21-25(16-29-23)32-33-27(21)24-12-18-8-4-5-9-22(18)31-24/h1-9,11-16,31H,10H2,(H,30,34)(H,32,33). The summed E-state index contributed by atoms with van der Waals surface area (Å²) in [5.74, 6) is -0.0931. The molecule has 164 valence electrons. The molecule has 0 unspecified atom stereocenters. The van der Waals surface area contributed by atoms with E-state index in [0.717, 1.165) is 50.0 Å². The molecular formula is C27H20N6O. The van der Waals surface area contributed by atoms with Crippen molar-refractivity contribution in [2.24, 2.45) is 0 Å². The number of nitrogens with zero attached hydrogens (tertiary/aromatic N) is 3. The van der Waals surface area contributed by atoms with Crippen molar-refractivity contribution in [1.82, 2.24) is 25.1 Å². The highest BCUT2D eigenvalue weighted by Crippen LogP contribution is 2.31. The third-order valence-electron chi connectivity index (χ3n) is 5.76. The Morgan fingerprint density at radius 3 is 2.62 bits per heavy atom. The fourth-order valence-electron chi connectivity index (χ4n) is 4.12. The minimum atomic E-state index is -0.0931. The number of nitrogens with one attached hydrogen (secondary N) is 3. The molecule has 0 saturated carbocycles. The second-order valence-electron chi connectivity index (χ2n) is 8.13. The summed E-state index contributed by atoms with van der Waals surface area (Å²) >= 11 is 0. The van der Waals surface area contributed by atoms with Gasteiger partial charge in [-0.15, -0.1) is 0 Å². The quantitative estimate of drug-likeness (QED) is 0.334. The Balaban J connectivity index is 1.30. The van der Waals surface area contributed by atoms with Gasteiger partial charge in [-0.3, -0.25) is 19.9 Å². The van der Waals surface area contributed by atoms with Crippen molar-refractivity contribution in [2.75, 3.05) is 5.32 Å². The molecule has 7 nitrogen and oxygen atoms in total. The number of carbonyl (C=O) groups is 1. The fraction of sp³-hybridized carbons (Fsp3) is 0.0370. The lowest BCUT2D eigenvalue weighted by molar-refractivity contribution is -0.115. The van der Waals surface area contributed by atoms with Crippen molar-refractivity contribution in [3.05, 3.63) is 97.0 Å². The van der Waals surface area contributed by atoms with Gasteiger partial charge in [-0.1, -0.05) is 48.5 Å². The second-order valence-corrected chi connectivity index (χ2v) is 8.13. The number of hydrogen-bond acceptors (Lipinski definition) is 4. The van der Waals surface area contributed by atoms with Gasteiger partial charge in [0.15, 0.2) is 0 Å². The number of anilines is 1. The lowest BCUT2D eigenvalue weighted by atomic mass is 10.1. The number of rotatable bonds is 5. The number of hydrogen-bond donors (Lipinski definition) is 3. The maximum atomic E-state index is 12.5. The first-order valence-corrected chi connectivity index (χ1v) is 10.9. The topological polar surface area (TPSA) is 99.4 Å². The monoisotopic (exact) mass is 444 g/mol. The van der Waals surface area contributed by atoms with Crippen molar-refractivity contribution in [3.8, 4) is 22.6 Å². The minimum Gasteiger partial charge on any atom is -0.353 e. The molecule has 0 spiro atoms. The predicted octanol–water partition coefficient (Wildman–Crippen LogP) is 5.35. The zero-order valence-electron chi connectivity index (χ0n) is 18.1. The van der Waals surface area contributed by atoms with Gasteiger partial charge in [-0.05, 0) is 29.8 Å². The van der Waals surface area contributed by atoms with E-state index in [1.165, 1.54) is 0 Å². The van der Waals surface area contributed by atoms with E-state index in [1.54, 1.807) is 18.6 Å². The van der Waals surface area contributed by atoms with Crippen LogP contribution in [0.25, 0.3) is 44.5 Å². The zero-order valence-corrected chi connectivity index (χ0v) is 18.1. The number of para-hydroxylation sites is 1. The highest BCUT2D eigenvalue weighted by Gasteiger charge is 2.13. The molecule has 0 radical (unpaired) electrons. The molecule has 34 heavy (non-hydrogen) atoms. The fourth-order valence-corrected chi connectivity index (χ4v) is 4.12. The van der Waals surface area contributed by atoms with Crippen molar-refractivity contribution in [2.45, 2.75) is 6.42 Å². The number of amides is 1. The molecule has 0 saturated heterocycles. The van der Waals surface area contributed by atoms with Crippen LogP contribution in [0, 0.1) is 0 Å². The van der Waals surface area contributed by atoms with E-state index in [0.29, 0.717) is 12.1 Å². The van der Waals surface area contributed by atoms with Gasteiger partial charge in [0.05, 0.1) is 41.4 Å². The van der Waals surface area contributed by atoms with E-state index >= 15 is 0 Å². The Kier molecular flexibility index (Phi) is 4.85. The number of aromatic nitrogens is 5. The van der Waals surface area contributed by atoms with Crippen LogP contribution in [-0.2, 0) is 11.2 Å². The van der Waals surface area contributed by atoms with E-state index in [-0.39, 0.29) is 5.91 Å². The highest BCUT2D eigenvalue weighted by atomic mass is 16.1. The molecule has 0 aliphatic carbocycles. The Bertz CT molecular complexity index is 1600. The van der Waals surface area contributed by atoms with E-state index in [2.05, 4.69) is 42.6 Å². The Labute approximate surface area is 194 Å². The lowest BCUT2D eigenvalue weighted by Crippen LogP contribution is -2.14. The van der Waals surface area contributed by atoms with Crippen LogP contribution < -0.4 is 5.32 Å². The zero-order chi connectivity index (χ0) is 22.9. The molecule has 0 fully saturated rings. The SMILES string of the molecule is O=C(Cc1ccccc1)Nc1cncc(-c2cc3c(-c4cc5ccccc5[nH]4)n[nH]c3cn2)c1. The summed E-state index contributed by atoms with van der Waals surface area (Å²) in [5.41, 5.74) is 6.81. The maximum Gasteiger partial charge on any atom is 0.228 e. The van der Waals surface area contributed by atoms with Gasteiger partial charge in [0, 0.05) is 28.0 Å². The molecule has 1 amide bonds. The third-order valence-corrected chi connectivity index (χ3v) is 5.76. The number of H-pyrrole nitrogens is 2. The van der Waals surface area contributed by atoms with Crippen LogP contribution in [0.15, 0.2) is 91.4 Å². The molecule has 7 heteroatoms. The van der Waals surface area contributed by atoms with E-state index in [9.17, 15) is 4.79 Å². The van der Waals surface area contributed by atoms with Crippen molar-refractivity contribution >= 4 is 33.4 Å². The van der Waals surface area contributed by atoms with Crippen molar-refractivity contribution in [3.63, 3.8) is 0 Å². The van der Waals surface area contributed by atoms with Crippen LogP contribution >= 0.6 is 0 Å². The van der Waals surface area contributed by atoms with Gasteiger partial charge < -0.3 is 10.3 Å². The molecule has 0 aliphatic rings. The first-order valence-electron chi connectivity index (χ1n) is 10.9. The summed E-state index contributed by atoms with van der Waals surface area (Å²) in [6.45, 7) is 0. The van der Waals surface area contributed by atoms with Gasteiger partial charge in [0.25, 0.3) is 0 Å². The van der Waals surface area contributed by atoms with Crippen LogP contribution in [-0.4, -0.2) is 31.1 Å². The molecule has 4 heterocycles. The van der Waals surface area contributed by atoms with Crippen molar-refractivity contribution in [1.29, 1.82) is 0 Å². The first-order chi connectivity index (χ1) is 16.7. The molecule has 0 atom stereocenters. The summed E-state index contributed by atoms with van der Waals surface area (Å²) in [7, 11) is 0. The van der Waals surface area contributed by atoms with Crippen LogP contribution in [0.1, 0.15) is 5.56 Å². The van der Waals surface area contributed by atoms with Gasteiger partial charge in [0.2, 0.25) is 5.91 Å². The number of fused-ring (bicyclic) bond motifs is 2. The van der Waals surface area contributed by atoms with Crippen LogP contribution in [0.3, 0.4) is 0 Å². The lowest BCUT2D eigenvalue weighted by Gasteiger charge is -2.07. The molecule has 6 aromatic rings. The molecule has 0 bridgehead atoms. The van der Waals surface area contributed by atoms with Gasteiger partial charge in [-0.25, -0.2) is 0 Å². The summed E-state index contributed by atoms with van der Waals surface area (Å²) in [5, 5.41) is 12.6. The minimum absolute atomic E-state index is 0.0931. The van der Waals surface area contributed by atoms with Crippen LogP contribution in [0.5, 0.6) is 0 Å². The molecular weight excluding hydrogens is 424 g/mol. The Hall–Kier alpha value is -4.78. The molecule has 6 rings (SSSR count). The molecule has 0 aliphatic heterocycles. The largest absolute Gasteiger partial charge is 0.353 e.